The van der Waals surface area contributed by atoms with Crippen molar-refractivity contribution in [3.8, 4) is 0 Å². The Hall–Kier alpha value is -1.85. The summed E-state index contributed by atoms with van der Waals surface area (Å²) in [5, 5.41) is 0. The number of ether oxygens (including phenoxy) is 3. The van der Waals surface area contributed by atoms with Crippen molar-refractivity contribution in [3.63, 3.8) is 0 Å². The minimum Gasteiger partial charge on any atom is -0.462 e. The van der Waals surface area contributed by atoms with Crippen LogP contribution in [-0.2, 0) is 28.6 Å². The highest BCUT2D eigenvalue weighted by molar-refractivity contribution is 5.71. The maximum absolute atomic E-state index is 12.7. The smallest absolute Gasteiger partial charge is 0.306 e. The topological polar surface area (TPSA) is 78.9 Å². The third-order valence-electron chi connectivity index (χ3n) is 10.5. The third kappa shape index (κ3) is 41.3. The Morgan fingerprint density at radius 3 is 0.926 bits per heavy atom. The van der Waals surface area contributed by atoms with Crippen LogP contribution in [0.25, 0.3) is 0 Å². The molecule has 0 rings (SSSR count). The van der Waals surface area contributed by atoms with Gasteiger partial charge >= 0.3 is 17.9 Å². The Balaban J connectivity index is 4.26. The van der Waals surface area contributed by atoms with Crippen LogP contribution >= 0.6 is 0 Å². The maximum Gasteiger partial charge on any atom is 0.306 e. The fraction of sp³-hybridized carbons (Fsp3) is 0.896. The van der Waals surface area contributed by atoms with Gasteiger partial charge in [-0.3, -0.25) is 14.4 Å². The molecule has 0 aliphatic heterocycles. The first-order valence-electron chi connectivity index (χ1n) is 23.7. The van der Waals surface area contributed by atoms with Gasteiger partial charge in [-0.05, 0) is 44.9 Å². The molecule has 0 bridgehead atoms. The van der Waals surface area contributed by atoms with Gasteiger partial charge in [-0.1, -0.05) is 206 Å². The first kappa shape index (κ1) is 52.2. The molecule has 0 aromatic carbocycles. The van der Waals surface area contributed by atoms with Crippen molar-refractivity contribution < 1.29 is 28.6 Å². The Kier molecular flexibility index (Phi) is 42.4. The maximum atomic E-state index is 12.7. The lowest BCUT2D eigenvalue weighted by Crippen LogP contribution is -2.30. The fourth-order valence-electron chi connectivity index (χ4n) is 6.91. The number of esters is 3. The van der Waals surface area contributed by atoms with Gasteiger partial charge in [0.05, 0.1) is 0 Å². The van der Waals surface area contributed by atoms with Crippen molar-refractivity contribution >= 4 is 17.9 Å². The summed E-state index contributed by atoms with van der Waals surface area (Å²) in [7, 11) is 0. The fourth-order valence-corrected chi connectivity index (χ4v) is 6.91. The van der Waals surface area contributed by atoms with Crippen molar-refractivity contribution in [1.29, 1.82) is 0 Å². The molecule has 1 unspecified atom stereocenters. The molecule has 0 aromatic heterocycles. The molecule has 0 N–H and O–H groups in total. The highest BCUT2D eigenvalue weighted by Crippen LogP contribution is 2.15. The second-order valence-corrected chi connectivity index (χ2v) is 16.0. The van der Waals surface area contributed by atoms with E-state index in [2.05, 4.69) is 32.9 Å². The van der Waals surface area contributed by atoms with Gasteiger partial charge in [-0.2, -0.15) is 0 Å². The van der Waals surface area contributed by atoms with Crippen LogP contribution in [0.3, 0.4) is 0 Å². The molecule has 0 heterocycles. The van der Waals surface area contributed by atoms with Gasteiger partial charge in [0, 0.05) is 19.3 Å². The van der Waals surface area contributed by atoms with Crippen molar-refractivity contribution in [2.75, 3.05) is 13.2 Å². The van der Waals surface area contributed by atoms with Crippen molar-refractivity contribution in [1.82, 2.24) is 0 Å². The number of carbonyl (C=O) groups excluding carboxylic acids is 3. The Morgan fingerprint density at radius 2 is 0.611 bits per heavy atom. The van der Waals surface area contributed by atoms with Gasteiger partial charge in [-0.15, -0.1) is 0 Å². The molecule has 318 valence electrons. The number of carbonyl (C=O) groups is 3. The highest BCUT2D eigenvalue weighted by atomic mass is 16.6. The molecular formula is C48H90O6. The van der Waals surface area contributed by atoms with E-state index < -0.39 is 6.10 Å². The normalized spacial score (nSPS) is 12.0. The average molecular weight is 763 g/mol. The van der Waals surface area contributed by atoms with Gasteiger partial charge in [-0.25, -0.2) is 0 Å². The average Bonchev–Trinajstić information content (AvgIpc) is 3.17. The minimum atomic E-state index is -0.762. The van der Waals surface area contributed by atoms with Crippen molar-refractivity contribution in [2.45, 2.75) is 264 Å². The molecule has 54 heavy (non-hydrogen) atoms. The quantitative estimate of drug-likeness (QED) is 0.0266. The van der Waals surface area contributed by atoms with E-state index in [1.54, 1.807) is 0 Å². The molecule has 0 fully saturated rings. The zero-order valence-corrected chi connectivity index (χ0v) is 36.3. The lowest BCUT2D eigenvalue weighted by Gasteiger charge is -2.18. The van der Waals surface area contributed by atoms with Crippen LogP contribution in [0.15, 0.2) is 12.2 Å². The molecule has 6 nitrogen and oxygen atoms in total. The Bertz CT molecular complexity index is 839. The van der Waals surface area contributed by atoms with Gasteiger partial charge in [0.2, 0.25) is 0 Å². The van der Waals surface area contributed by atoms with Crippen LogP contribution in [-0.4, -0.2) is 37.2 Å². The zero-order valence-electron chi connectivity index (χ0n) is 36.3. The summed E-state index contributed by atoms with van der Waals surface area (Å²) in [5.74, 6) is -0.867. The number of rotatable bonds is 43. The van der Waals surface area contributed by atoms with Gasteiger partial charge < -0.3 is 14.2 Å². The van der Waals surface area contributed by atoms with Crippen molar-refractivity contribution in [3.05, 3.63) is 12.2 Å². The van der Waals surface area contributed by atoms with E-state index in [1.165, 1.54) is 161 Å². The number of unbranched alkanes of at least 4 members (excludes halogenated alkanes) is 30. The van der Waals surface area contributed by atoms with Gasteiger partial charge in [0.1, 0.15) is 13.2 Å². The van der Waals surface area contributed by atoms with E-state index in [4.69, 9.17) is 14.2 Å². The van der Waals surface area contributed by atoms with Gasteiger partial charge in [0.25, 0.3) is 0 Å². The largest absolute Gasteiger partial charge is 0.462 e. The van der Waals surface area contributed by atoms with Crippen molar-refractivity contribution in [2.24, 2.45) is 0 Å². The first-order chi connectivity index (χ1) is 26.5. The molecule has 0 spiro atoms. The first-order valence-corrected chi connectivity index (χ1v) is 23.7. The second-order valence-electron chi connectivity index (χ2n) is 16.0. The third-order valence-corrected chi connectivity index (χ3v) is 10.5. The summed E-state index contributed by atoms with van der Waals surface area (Å²) in [6.45, 7) is 6.61. The molecule has 0 amide bonds. The highest BCUT2D eigenvalue weighted by Gasteiger charge is 2.19. The molecule has 0 aliphatic rings. The van der Waals surface area contributed by atoms with Crippen LogP contribution in [0.5, 0.6) is 0 Å². The van der Waals surface area contributed by atoms with E-state index in [-0.39, 0.29) is 31.1 Å². The monoisotopic (exact) mass is 763 g/mol. The van der Waals surface area contributed by atoms with Crippen LogP contribution in [0, 0.1) is 0 Å². The van der Waals surface area contributed by atoms with Crippen LogP contribution in [0.4, 0.5) is 0 Å². The number of allylic oxidation sites excluding steroid dienone is 2. The molecule has 0 radical (unpaired) electrons. The zero-order chi connectivity index (χ0) is 39.4. The summed E-state index contributed by atoms with van der Waals surface area (Å²) in [5.41, 5.74) is 0. The molecule has 0 saturated carbocycles. The SMILES string of the molecule is CCCCCCCC/C=C\CCCCCCCCCC(=O)OCC(COC(=O)CCCCCCCCCC)OC(=O)CCCCCCCCCCCCC. The summed E-state index contributed by atoms with van der Waals surface area (Å²) in [6.07, 6.45) is 46.3. The van der Waals surface area contributed by atoms with Crippen LogP contribution in [0.2, 0.25) is 0 Å². The van der Waals surface area contributed by atoms with Crippen LogP contribution < -0.4 is 0 Å². The second kappa shape index (κ2) is 43.9. The number of hydrogen-bond acceptors (Lipinski definition) is 6. The molecule has 1 atom stereocenters. The summed E-state index contributed by atoms with van der Waals surface area (Å²) >= 11 is 0. The summed E-state index contributed by atoms with van der Waals surface area (Å²) in [4.78, 5) is 37.6. The minimum absolute atomic E-state index is 0.0674. The van der Waals surface area contributed by atoms with Crippen LogP contribution in [0.1, 0.15) is 258 Å². The molecule has 0 aliphatic carbocycles. The standard InChI is InChI=1S/C48H90O6/c1-4-7-10-13-16-19-21-22-23-24-25-26-28-29-32-35-38-41-47(50)53-44-45(43-52-46(49)40-37-34-31-18-15-12-9-6-3)54-48(51)42-39-36-33-30-27-20-17-14-11-8-5-2/h22-23,45H,4-21,24-44H2,1-3H3/b23-22-. The molecular weight excluding hydrogens is 673 g/mol. The molecule has 0 saturated heterocycles. The van der Waals surface area contributed by atoms with E-state index in [1.807, 2.05) is 0 Å². The van der Waals surface area contributed by atoms with E-state index in [9.17, 15) is 14.4 Å². The Labute approximate surface area is 335 Å². The predicted molar refractivity (Wildman–Crippen MR) is 229 cm³/mol. The number of hydrogen-bond donors (Lipinski definition) is 0. The predicted octanol–water partition coefficient (Wildman–Crippen LogP) is 15.0. The van der Waals surface area contributed by atoms with E-state index in [0.717, 1.165) is 57.8 Å². The lowest BCUT2D eigenvalue weighted by molar-refractivity contribution is -0.167. The lowest BCUT2D eigenvalue weighted by atomic mass is 10.1. The molecule has 6 heteroatoms. The summed E-state index contributed by atoms with van der Waals surface area (Å²) < 4.78 is 16.7. The molecule has 0 aromatic rings. The summed E-state index contributed by atoms with van der Waals surface area (Å²) in [6, 6.07) is 0. The van der Waals surface area contributed by atoms with Gasteiger partial charge in [0.15, 0.2) is 6.10 Å². The Morgan fingerprint density at radius 1 is 0.352 bits per heavy atom. The van der Waals surface area contributed by atoms with E-state index in [0.29, 0.717) is 19.3 Å². The van der Waals surface area contributed by atoms with E-state index >= 15 is 0 Å².